The summed E-state index contributed by atoms with van der Waals surface area (Å²) in [6.07, 6.45) is 1.53. The Balaban J connectivity index is 1.52. The predicted molar refractivity (Wildman–Crippen MR) is 117 cm³/mol. The molecule has 0 saturated carbocycles. The predicted octanol–water partition coefficient (Wildman–Crippen LogP) is 4.43. The number of nitrogens with zero attached hydrogens (tertiary/aromatic N) is 3. The Hall–Kier alpha value is -3.84. The molecular formula is C22H18ClN5O2. The fourth-order valence-electron chi connectivity index (χ4n) is 2.92. The molecular weight excluding hydrogens is 402 g/mol. The molecule has 0 spiro atoms. The van der Waals surface area contributed by atoms with E-state index in [1.54, 1.807) is 53.2 Å². The summed E-state index contributed by atoms with van der Waals surface area (Å²) in [4.78, 5) is 16.5. The van der Waals surface area contributed by atoms with Gasteiger partial charge in [-0.1, -0.05) is 23.7 Å². The Morgan fingerprint density at radius 3 is 2.57 bits per heavy atom. The molecule has 0 radical (unpaired) electrons. The van der Waals surface area contributed by atoms with Gasteiger partial charge in [0.05, 0.1) is 30.4 Å². The van der Waals surface area contributed by atoms with Crippen molar-refractivity contribution in [1.82, 2.24) is 14.8 Å². The highest BCUT2D eigenvalue weighted by molar-refractivity contribution is 6.30. The third-order valence-corrected chi connectivity index (χ3v) is 4.67. The van der Waals surface area contributed by atoms with E-state index >= 15 is 0 Å². The number of nitrogen functional groups attached to an aromatic ring is 1. The normalized spacial score (nSPS) is 10.6. The van der Waals surface area contributed by atoms with Crippen molar-refractivity contribution in [1.29, 1.82) is 0 Å². The standard InChI is InChI=1S/C22H18ClN5O2/c1-30-21-10-7-17(13-25-21)26-22(29)14-5-8-18(9-6-14)28-20(24)12-19(27-28)15-3-2-4-16(23)11-15/h2-13H,24H2,1H3,(H,26,29). The minimum absolute atomic E-state index is 0.249. The molecule has 0 unspecified atom stereocenters. The second-order valence-corrected chi connectivity index (χ2v) is 6.90. The molecule has 8 heteroatoms. The molecule has 0 atom stereocenters. The Bertz CT molecular complexity index is 1190. The smallest absolute Gasteiger partial charge is 0.255 e. The number of carbonyl (C=O) groups is 1. The van der Waals surface area contributed by atoms with Crippen LogP contribution in [-0.2, 0) is 0 Å². The molecule has 0 saturated heterocycles. The number of anilines is 2. The van der Waals surface area contributed by atoms with E-state index in [0.29, 0.717) is 33.7 Å². The first-order valence-corrected chi connectivity index (χ1v) is 9.44. The van der Waals surface area contributed by atoms with Gasteiger partial charge in [0.25, 0.3) is 5.91 Å². The highest BCUT2D eigenvalue weighted by atomic mass is 35.5. The van der Waals surface area contributed by atoms with Crippen LogP contribution in [0.1, 0.15) is 10.4 Å². The first kappa shape index (κ1) is 19.5. The summed E-state index contributed by atoms with van der Waals surface area (Å²) in [5.41, 5.74) is 9.54. The van der Waals surface area contributed by atoms with Crippen LogP contribution in [0.4, 0.5) is 11.5 Å². The van der Waals surface area contributed by atoms with E-state index in [9.17, 15) is 4.79 Å². The number of hydrogen-bond donors (Lipinski definition) is 2. The Morgan fingerprint density at radius 2 is 1.90 bits per heavy atom. The molecule has 4 rings (SSSR count). The molecule has 2 aromatic carbocycles. The highest BCUT2D eigenvalue weighted by Crippen LogP contribution is 2.25. The number of halogens is 1. The Labute approximate surface area is 178 Å². The fraction of sp³-hybridized carbons (Fsp3) is 0.0455. The SMILES string of the molecule is COc1ccc(NC(=O)c2ccc(-n3nc(-c4cccc(Cl)c4)cc3N)cc2)cn1. The van der Waals surface area contributed by atoms with Crippen molar-refractivity contribution in [2.75, 3.05) is 18.2 Å². The van der Waals surface area contributed by atoms with Gasteiger partial charge in [0.1, 0.15) is 5.82 Å². The van der Waals surface area contributed by atoms with Gasteiger partial charge in [-0.15, -0.1) is 0 Å². The molecule has 0 fully saturated rings. The summed E-state index contributed by atoms with van der Waals surface area (Å²) in [6.45, 7) is 0. The first-order valence-electron chi connectivity index (χ1n) is 9.07. The monoisotopic (exact) mass is 419 g/mol. The number of pyridine rings is 1. The Morgan fingerprint density at radius 1 is 1.10 bits per heavy atom. The lowest BCUT2D eigenvalue weighted by Gasteiger charge is -2.08. The first-order chi connectivity index (χ1) is 14.5. The summed E-state index contributed by atoms with van der Waals surface area (Å²) in [5, 5.41) is 7.98. The summed E-state index contributed by atoms with van der Waals surface area (Å²) >= 11 is 6.06. The fourth-order valence-corrected chi connectivity index (χ4v) is 3.11. The van der Waals surface area contributed by atoms with E-state index < -0.39 is 0 Å². The third kappa shape index (κ3) is 4.11. The number of nitrogens with one attached hydrogen (secondary N) is 1. The van der Waals surface area contributed by atoms with Crippen molar-refractivity contribution < 1.29 is 9.53 Å². The quantitative estimate of drug-likeness (QED) is 0.499. The maximum absolute atomic E-state index is 12.5. The molecule has 7 nitrogen and oxygen atoms in total. The van der Waals surface area contributed by atoms with Crippen LogP contribution in [0.2, 0.25) is 5.02 Å². The summed E-state index contributed by atoms with van der Waals surface area (Å²) in [7, 11) is 1.53. The van der Waals surface area contributed by atoms with Gasteiger partial charge in [-0.25, -0.2) is 9.67 Å². The molecule has 0 aliphatic heterocycles. The van der Waals surface area contributed by atoms with Gasteiger partial charge >= 0.3 is 0 Å². The molecule has 2 heterocycles. The zero-order chi connectivity index (χ0) is 21.1. The van der Waals surface area contributed by atoms with Crippen LogP contribution in [0.15, 0.2) is 72.9 Å². The summed E-state index contributed by atoms with van der Waals surface area (Å²) in [6, 6.07) is 19.6. The van der Waals surface area contributed by atoms with Gasteiger partial charge in [0, 0.05) is 28.3 Å². The average molecular weight is 420 g/mol. The van der Waals surface area contributed by atoms with Crippen molar-refractivity contribution in [2.45, 2.75) is 0 Å². The van der Waals surface area contributed by atoms with E-state index in [1.807, 2.05) is 18.2 Å². The molecule has 30 heavy (non-hydrogen) atoms. The zero-order valence-electron chi connectivity index (χ0n) is 16.0. The molecule has 4 aromatic rings. The number of aromatic nitrogens is 3. The number of methoxy groups -OCH3 is 1. The third-order valence-electron chi connectivity index (χ3n) is 4.43. The number of carbonyl (C=O) groups excluding carboxylic acids is 1. The minimum Gasteiger partial charge on any atom is -0.481 e. The molecule has 0 aliphatic rings. The van der Waals surface area contributed by atoms with Crippen molar-refractivity contribution >= 4 is 29.0 Å². The number of hydrogen-bond acceptors (Lipinski definition) is 5. The van der Waals surface area contributed by atoms with Crippen LogP contribution >= 0.6 is 11.6 Å². The average Bonchev–Trinajstić information content (AvgIpc) is 3.16. The van der Waals surface area contributed by atoms with E-state index in [0.717, 1.165) is 11.3 Å². The van der Waals surface area contributed by atoms with Gasteiger partial charge < -0.3 is 15.8 Å². The molecule has 0 bridgehead atoms. The van der Waals surface area contributed by atoms with Crippen molar-refractivity contribution in [3.63, 3.8) is 0 Å². The maximum atomic E-state index is 12.5. The number of benzene rings is 2. The topological polar surface area (TPSA) is 95.1 Å². The number of nitrogens with two attached hydrogens (primary N) is 1. The molecule has 0 aliphatic carbocycles. The van der Waals surface area contributed by atoms with Crippen LogP contribution in [0.3, 0.4) is 0 Å². The van der Waals surface area contributed by atoms with E-state index in [1.165, 1.54) is 13.3 Å². The van der Waals surface area contributed by atoms with Crippen molar-refractivity contribution in [2.24, 2.45) is 0 Å². The van der Waals surface area contributed by atoms with Gasteiger partial charge in [-0.05, 0) is 42.5 Å². The second-order valence-electron chi connectivity index (χ2n) is 6.47. The summed E-state index contributed by atoms with van der Waals surface area (Å²) < 4.78 is 6.63. The van der Waals surface area contributed by atoms with E-state index in [4.69, 9.17) is 22.1 Å². The lowest BCUT2D eigenvalue weighted by atomic mass is 10.1. The summed E-state index contributed by atoms with van der Waals surface area (Å²) in [5.74, 6) is 0.708. The van der Waals surface area contributed by atoms with Gasteiger partial charge in [0.2, 0.25) is 5.88 Å². The van der Waals surface area contributed by atoms with Crippen LogP contribution in [0.5, 0.6) is 5.88 Å². The van der Waals surface area contributed by atoms with Gasteiger partial charge in [0.15, 0.2) is 0 Å². The number of ether oxygens (including phenoxy) is 1. The number of amides is 1. The van der Waals surface area contributed by atoms with Crippen LogP contribution in [0.25, 0.3) is 16.9 Å². The van der Waals surface area contributed by atoms with Crippen LogP contribution < -0.4 is 15.8 Å². The van der Waals surface area contributed by atoms with Crippen LogP contribution in [-0.4, -0.2) is 27.8 Å². The van der Waals surface area contributed by atoms with Crippen molar-refractivity contribution in [3.8, 4) is 22.8 Å². The molecule has 2 aromatic heterocycles. The highest BCUT2D eigenvalue weighted by Gasteiger charge is 2.11. The lowest BCUT2D eigenvalue weighted by molar-refractivity contribution is 0.102. The van der Waals surface area contributed by atoms with Crippen molar-refractivity contribution in [3.05, 3.63) is 83.5 Å². The molecule has 3 N–H and O–H groups in total. The van der Waals surface area contributed by atoms with Gasteiger partial charge in [-0.3, -0.25) is 4.79 Å². The maximum Gasteiger partial charge on any atom is 0.255 e. The molecule has 150 valence electrons. The Kier molecular flexibility index (Phi) is 5.36. The van der Waals surface area contributed by atoms with Gasteiger partial charge in [-0.2, -0.15) is 5.10 Å². The largest absolute Gasteiger partial charge is 0.481 e. The van der Waals surface area contributed by atoms with E-state index in [-0.39, 0.29) is 5.91 Å². The van der Waals surface area contributed by atoms with E-state index in [2.05, 4.69) is 15.4 Å². The van der Waals surface area contributed by atoms with Crippen LogP contribution in [0, 0.1) is 0 Å². The lowest BCUT2D eigenvalue weighted by Crippen LogP contribution is -2.12. The zero-order valence-corrected chi connectivity index (χ0v) is 16.8. The molecule has 1 amide bonds. The minimum atomic E-state index is -0.249. The number of rotatable bonds is 5. The second kappa shape index (κ2) is 8.26.